The van der Waals surface area contributed by atoms with E-state index >= 15 is 0 Å². The van der Waals surface area contributed by atoms with E-state index in [0.29, 0.717) is 13.1 Å². The minimum absolute atomic E-state index is 0.0253. The number of hydrogen-bond donors (Lipinski definition) is 0. The molecular weight excluding hydrogens is 254 g/mol. The molecule has 0 aromatic carbocycles. The number of carbonyl (C=O) groups excluding carboxylic acids is 2. The largest absolute Gasteiger partial charge is 0.344 e. The molecule has 0 atom stereocenters. The van der Waals surface area contributed by atoms with E-state index < -0.39 is 0 Å². The molecule has 1 heterocycles. The molecule has 0 bridgehead atoms. The average molecular weight is 277 g/mol. The van der Waals surface area contributed by atoms with Crippen molar-refractivity contribution >= 4 is 11.8 Å². The zero-order valence-corrected chi connectivity index (χ0v) is 12.5. The summed E-state index contributed by atoms with van der Waals surface area (Å²) in [6.07, 6.45) is 5.14. The second-order valence-corrected chi connectivity index (χ2v) is 4.86. The molecule has 0 spiro atoms. The Morgan fingerprint density at radius 1 is 1.20 bits per heavy atom. The summed E-state index contributed by atoms with van der Waals surface area (Å²) in [4.78, 5) is 30.7. The Balaban J connectivity index is 2.44. The predicted molar refractivity (Wildman–Crippen MR) is 78.1 cm³/mol. The first-order valence-electron chi connectivity index (χ1n) is 6.93. The molecule has 5 heteroatoms. The lowest BCUT2D eigenvalue weighted by molar-refractivity contribution is -0.138. The number of carbonyl (C=O) groups is 2. The topological polar surface area (TPSA) is 53.5 Å². The van der Waals surface area contributed by atoms with Gasteiger partial charge in [-0.2, -0.15) is 0 Å². The van der Waals surface area contributed by atoms with Crippen LogP contribution in [-0.4, -0.2) is 53.3 Å². The Kier molecular flexibility index (Phi) is 6.70. The first kappa shape index (κ1) is 16.1. The van der Waals surface area contributed by atoms with Crippen molar-refractivity contribution in [3.05, 3.63) is 30.1 Å². The maximum absolute atomic E-state index is 12.1. The number of amides is 2. The summed E-state index contributed by atoms with van der Waals surface area (Å²) in [5.41, 5.74) is 1.15. The van der Waals surface area contributed by atoms with Crippen molar-refractivity contribution in [2.45, 2.75) is 26.7 Å². The molecule has 0 aliphatic heterocycles. The van der Waals surface area contributed by atoms with Crippen molar-refractivity contribution in [2.75, 3.05) is 26.7 Å². The van der Waals surface area contributed by atoms with Crippen LogP contribution in [0.5, 0.6) is 0 Å². The normalized spacial score (nSPS) is 10.2. The van der Waals surface area contributed by atoms with Crippen molar-refractivity contribution < 1.29 is 9.59 Å². The monoisotopic (exact) mass is 277 g/mol. The van der Waals surface area contributed by atoms with E-state index in [1.807, 2.05) is 19.1 Å². The highest BCUT2D eigenvalue weighted by molar-refractivity contribution is 5.83. The lowest BCUT2D eigenvalue weighted by Crippen LogP contribution is -2.41. The van der Waals surface area contributed by atoms with Crippen molar-refractivity contribution in [1.82, 2.24) is 14.8 Å². The quantitative estimate of drug-likeness (QED) is 0.756. The Hall–Kier alpha value is -1.91. The van der Waals surface area contributed by atoms with Crippen LogP contribution in [0.25, 0.3) is 0 Å². The molecule has 5 nitrogen and oxygen atoms in total. The van der Waals surface area contributed by atoms with Crippen LogP contribution in [0, 0.1) is 0 Å². The maximum atomic E-state index is 12.1. The Morgan fingerprint density at radius 3 is 2.40 bits per heavy atom. The fourth-order valence-corrected chi connectivity index (χ4v) is 1.87. The van der Waals surface area contributed by atoms with E-state index in [1.165, 1.54) is 6.92 Å². The highest BCUT2D eigenvalue weighted by Gasteiger charge is 2.15. The van der Waals surface area contributed by atoms with Gasteiger partial charge in [0.05, 0.1) is 6.54 Å². The van der Waals surface area contributed by atoms with E-state index in [0.717, 1.165) is 18.4 Å². The van der Waals surface area contributed by atoms with Gasteiger partial charge in [0, 0.05) is 39.5 Å². The van der Waals surface area contributed by atoms with Crippen molar-refractivity contribution in [2.24, 2.45) is 0 Å². The molecular formula is C15H23N3O2. The van der Waals surface area contributed by atoms with Crippen LogP contribution >= 0.6 is 0 Å². The number of hydrogen-bond acceptors (Lipinski definition) is 3. The fraction of sp³-hybridized carbons (Fsp3) is 0.533. The standard InChI is InChI=1S/C15H23N3O2/c1-4-10-18(13(2)19)12-15(20)17(3)11-7-14-5-8-16-9-6-14/h5-6,8-9H,4,7,10-12H2,1-3H3. The molecule has 1 aromatic heterocycles. The number of rotatable bonds is 7. The third-order valence-electron chi connectivity index (χ3n) is 3.18. The lowest BCUT2D eigenvalue weighted by Gasteiger charge is -2.24. The van der Waals surface area contributed by atoms with Crippen LogP contribution in [0.2, 0.25) is 0 Å². The van der Waals surface area contributed by atoms with Crippen LogP contribution < -0.4 is 0 Å². The van der Waals surface area contributed by atoms with Crippen LogP contribution in [0.1, 0.15) is 25.8 Å². The molecule has 0 aliphatic rings. The van der Waals surface area contributed by atoms with E-state index in [9.17, 15) is 9.59 Å². The van der Waals surface area contributed by atoms with Crippen molar-refractivity contribution in [3.63, 3.8) is 0 Å². The Labute approximate surface area is 120 Å². The van der Waals surface area contributed by atoms with Crippen LogP contribution in [-0.2, 0) is 16.0 Å². The molecule has 0 saturated heterocycles. The van der Waals surface area contributed by atoms with E-state index in [1.54, 1.807) is 29.2 Å². The number of nitrogens with zero attached hydrogens (tertiary/aromatic N) is 3. The number of aromatic nitrogens is 1. The van der Waals surface area contributed by atoms with Gasteiger partial charge < -0.3 is 9.80 Å². The van der Waals surface area contributed by atoms with Gasteiger partial charge in [-0.1, -0.05) is 6.92 Å². The van der Waals surface area contributed by atoms with E-state index in [-0.39, 0.29) is 18.4 Å². The highest BCUT2D eigenvalue weighted by Crippen LogP contribution is 2.01. The SMILES string of the molecule is CCCN(CC(=O)N(C)CCc1ccncc1)C(C)=O. The molecule has 0 saturated carbocycles. The summed E-state index contributed by atoms with van der Waals surface area (Å²) in [5.74, 6) is -0.0783. The lowest BCUT2D eigenvalue weighted by atomic mass is 10.2. The molecule has 20 heavy (non-hydrogen) atoms. The fourth-order valence-electron chi connectivity index (χ4n) is 1.87. The van der Waals surface area contributed by atoms with Gasteiger partial charge in [0.1, 0.15) is 0 Å². The first-order chi connectivity index (χ1) is 9.54. The van der Waals surface area contributed by atoms with Crippen molar-refractivity contribution in [1.29, 1.82) is 0 Å². The molecule has 1 rings (SSSR count). The summed E-state index contributed by atoms with van der Waals surface area (Å²) in [6, 6.07) is 3.88. The first-order valence-corrected chi connectivity index (χ1v) is 6.93. The smallest absolute Gasteiger partial charge is 0.241 e. The van der Waals surface area contributed by atoms with Gasteiger partial charge >= 0.3 is 0 Å². The van der Waals surface area contributed by atoms with E-state index in [4.69, 9.17) is 0 Å². The predicted octanol–water partition coefficient (Wildman–Crippen LogP) is 1.34. The zero-order valence-electron chi connectivity index (χ0n) is 12.5. The Bertz CT molecular complexity index is 434. The summed E-state index contributed by atoms with van der Waals surface area (Å²) >= 11 is 0. The van der Waals surface area contributed by atoms with Gasteiger partial charge in [0.2, 0.25) is 11.8 Å². The third kappa shape index (κ3) is 5.38. The maximum Gasteiger partial charge on any atom is 0.241 e. The molecule has 0 N–H and O–H groups in total. The second-order valence-electron chi connectivity index (χ2n) is 4.86. The minimum Gasteiger partial charge on any atom is -0.344 e. The summed E-state index contributed by atoms with van der Waals surface area (Å²) in [7, 11) is 1.77. The zero-order chi connectivity index (χ0) is 15.0. The average Bonchev–Trinajstić information content (AvgIpc) is 2.45. The Morgan fingerprint density at radius 2 is 1.85 bits per heavy atom. The molecule has 0 radical (unpaired) electrons. The van der Waals surface area contributed by atoms with Gasteiger partial charge in [0.15, 0.2) is 0 Å². The summed E-state index contributed by atoms with van der Waals surface area (Å²) < 4.78 is 0. The molecule has 2 amide bonds. The van der Waals surface area contributed by atoms with Gasteiger partial charge in [-0.25, -0.2) is 0 Å². The van der Waals surface area contributed by atoms with E-state index in [2.05, 4.69) is 4.98 Å². The third-order valence-corrected chi connectivity index (χ3v) is 3.18. The van der Waals surface area contributed by atoms with Gasteiger partial charge in [0.25, 0.3) is 0 Å². The van der Waals surface area contributed by atoms with Gasteiger partial charge in [-0.3, -0.25) is 14.6 Å². The molecule has 110 valence electrons. The van der Waals surface area contributed by atoms with Gasteiger partial charge in [-0.05, 0) is 30.5 Å². The van der Waals surface area contributed by atoms with Crippen molar-refractivity contribution in [3.8, 4) is 0 Å². The van der Waals surface area contributed by atoms with Crippen LogP contribution in [0.15, 0.2) is 24.5 Å². The van der Waals surface area contributed by atoms with Crippen LogP contribution in [0.4, 0.5) is 0 Å². The molecule has 0 fully saturated rings. The molecule has 0 unspecified atom stereocenters. The minimum atomic E-state index is -0.0530. The molecule has 1 aromatic rings. The second kappa shape index (κ2) is 8.30. The molecule has 0 aliphatic carbocycles. The summed E-state index contributed by atoms with van der Waals surface area (Å²) in [5, 5.41) is 0. The van der Waals surface area contributed by atoms with Crippen LogP contribution in [0.3, 0.4) is 0 Å². The van der Waals surface area contributed by atoms with Gasteiger partial charge in [-0.15, -0.1) is 0 Å². The number of pyridine rings is 1. The highest BCUT2D eigenvalue weighted by atomic mass is 16.2. The number of likely N-dealkylation sites (N-methyl/N-ethyl adjacent to an activating group) is 1. The summed E-state index contributed by atoms with van der Waals surface area (Å²) in [6.45, 7) is 4.92.